The van der Waals surface area contributed by atoms with Crippen molar-refractivity contribution in [3.63, 3.8) is 0 Å². The van der Waals surface area contributed by atoms with Crippen molar-refractivity contribution < 1.29 is 19.2 Å². The lowest BCUT2D eigenvalue weighted by molar-refractivity contribution is -0.387. The number of thiocarbonyl (C=S) groups is 1. The van der Waals surface area contributed by atoms with E-state index < -0.39 is 22.1 Å². The zero-order valence-electron chi connectivity index (χ0n) is 18.9. The molecule has 1 saturated heterocycles. The van der Waals surface area contributed by atoms with Crippen molar-refractivity contribution in [1.29, 1.82) is 0 Å². The van der Waals surface area contributed by atoms with Crippen LogP contribution in [-0.4, -0.2) is 56.0 Å². The molecule has 0 unspecified atom stereocenters. The first kappa shape index (κ1) is 24.2. The van der Waals surface area contributed by atoms with Gasteiger partial charge in [0.25, 0.3) is 5.69 Å². The number of carboxylic acid groups (broad SMARTS) is 1. The van der Waals surface area contributed by atoms with E-state index in [4.69, 9.17) is 12.2 Å². The first-order chi connectivity index (χ1) is 17.2. The van der Waals surface area contributed by atoms with Crippen LogP contribution in [0.5, 0.6) is 0 Å². The minimum atomic E-state index is -1.33. The maximum absolute atomic E-state index is 15.2. The molecule has 0 spiro atoms. The summed E-state index contributed by atoms with van der Waals surface area (Å²) in [4.78, 5) is 39.4. The lowest BCUT2D eigenvalue weighted by atomic mass is 10.1. The maximum atomic E-state index is 15.2. The number of pyridine rings is 1. The van der Waals surface area contributed by atoms with Crippen LogP contribution in [0.4, 0.5) is 15.8 Å². The Morgan fingerprint density at radius 3 is 2.50 bits per heavy atom. The van der Waals surface area contributed by atoms with E-state index in [0.29, 0.717) is 46.6 Å². The van der Waals surface area contributed by atoms with Crippen molar-refractivity contribution in [1.82, 2.24) is 9.47 Å². The molecule has 36 heavy (non-hydrogen) atoms. The molecule has 9 nitrogen and oxygen atoms in total. The predicted octanol–water partition coefficient (Wildman–Crippen LogP) is 4.28. The molecule has 12 heteroatoms. The number of piperazine rings is 1. The van der Waals surface area contributed by atoms with Crippen LogP contribution in [-0.2, 0) is 0 Å². The Bertz CT molecular complexity index is 1460. The van der Waals surface area contributed by atoms with Gasteiger partial charge in [0.2, 0.25) is 5.43 Å². The van der Waals surface area contributed by atoms with E-state index >= 15 is 4.39 Å². The Morgan fingerprint density at radius 2 is 1.86 bits per heavy atom. The molecule has 5 rings (SSSR count). The molecule has 1 saturated carbocycles. The molecule has 2 aromatic carbocycles. The monoisotopic (exact) mass is 528 g/mol. The summed E-state index contributed by atoms with van der Waals surface area (Å²) in [6, 6.07) is 9.28. The van der Waals surface area contributed by atoms with Gasteiger partial charge >= 0.3 is 5.97 Å². The number of anilines is 1. The number of carboxylic acids is 1. The Morgan fingerprint density at radius 1 is 1.17 bits per heavy atom. The Hall–Kier alpha value is -3.51. The summed E-state index contributed by atoms with van der Waals surface area (Å²) in [7, 11) is 0. The average molecular weight is 529 g/mol. The van der Waals surface area contributed by atoms with Crippen molar-refractivity contribution in [3.05, 3.63) is 74.3 Å². The number of nitro benzene ring substituents is 1. The highest BCUT2D eigenvalue weighted by atomic mass is 32.2. The summed E-state index contributed by atoms with van der Waals surface area (Å²) < 4.78 is 17.5. The van der Waals surface area contributed by atoms with Gasteiger partial charge in [-0.25, -0.2) is 9.18 Å². The normalized spacial score (nSPS) is 15.8. The molecule has 3 aromatic rings. The number of halogens is 1. The van der Waals surface area contributed by atoms with Gasteiger partial charge in [0, 0.05) is 49.9 Å². The zero-order valence-corrected chi connectivity index (χ0v) is 20.6. The van der Waals surface area contributed by atoms with Crippen molar-refractivity contribution >= 4 is 56.5 Å². The highest BCUT2D eigenvalue weighted by molar-refractivity contribution is 8.23. The van der Waals surface area contributed by atoms with Crippen LogP contribution in [0.15, 0.2) is 52.3 Å². The SMILES string of the molecule is O=C(O)c1cn(C2CC2)c2cc(N3CCN(C(=S)Sc4ccccc4[N+](=O)[O-])CC3)c(F)cc2c1=O. The molecular weight excluding hydrogens is 507 g/mol. The molecule has 1 aromatic heterocycles. The molecular formula is C24H21FN4O5S2. The maximum Gasteiger partial charge on any atom is 0.341 e. The van der Waals surface area contributed by atoms with Crippen LogP contribution >= 0.6 is 24.0 Å². The Balaban J connectivity index is 1.37. The number of rotatable bonds is 5. The molecule has 1 N–H and O–H groups in total. The van der Waals surface area contributed by atoms with Crippen LogP contribution in [0.1, 0.15) is 29.2 Å². The summed E-state index contributed by atoms with van der Waals surface area (Å²) in [5, 5.41) is 20.8. The number of fused-ring (bicyclic) bond motifs is 1. The topological polar surface area (TPSA) is 109 Å². The molecule has 1 aliphatic heterocycles. The van der Waals surface area contributed by atoms with E-state index in [1.165, 1.54) is 12.3 Å². The van der Waals surface area contributed by atoms with Crippen LogP contribution in [0.3, 0.4) is 0 Å². The number of thioether (sulfide) groups is 1. The van der Waals surface area contributed by atoms with Crippen molar-refractivity contribution in [2.75, 3.05) is 31.1 Å². The molecule has 2 heterocycles. The van der Waals surface area contributed by atoms with E-state index in [-0.39, 0.29) is 22.7 Å². The fraction of sp³-hybridized carbons (Fsp3) is 0.292. The van der Waals surface area contributed by atoms with Crippen molar-refractivity contribution in [2.45, 2.75) is 23.8 Å². The summed E-state index contributed by atoms with van der Waals surface area (Å²) in [6.45, 7) is 1.91. The number of hydrogen-bond donors (Lipinski definition) is 1. The summed E-state index contributed by atoms with van der Waals surface area (Å²) >= 11 is 6.70. The lowest BCUT2D eigenvalue weighted by Crippen LogP contribution is -2.47. The third-order valence-corrected chi connectivity index (χ3v) is 7.92. The number of aromatic carboxylic acids is 1. The second kappa shape index (κ2) is 9.51. The molecule has 0 bridgehead atoms. The van der Waals surface area contributed by atoms with Crippen molar-refractivity contribution in [3.8, 4) is 0 Å². The third-order valence-electron chi connectivity index (χ3n) is 6.41. The van der Waals surface area contributed by atoms with Gasteiger partial charge in [-0.2, -0.15) is 0 Å². The molecule has 2 fully saturated rings. The van der Waals surface area contributed by atoms with Crippen molar-refractivity contribution in [2.24, 2.45) is 0 Å². The Labute approximate surface area is 214 Å². The quantitative estimate of drug-likeness (QED) is 0.225. The second-order valence-corrected chi connectivity index (χ2v) is 10.4. The lowest BCUT2D eigenvalue weighted by Gasteiger charge is -2.37. The molecule has 0 radical (unpaired) electrons. The van der Waals surface area contributed by atoms with E-state index in [2.05, 4.69) is 0 Å². The zero-order chi connectivity index (χ0) is 25.6. The molecule has 1 aliphatic carbocycles. The molecule has 2 aliphatic rings. The van der Waals surface area contributed by atoms with Gasteiger partial charge in [-0.3, -0.25) is 14.9 Å². The fourth-order valence-corrected chi connectivity index (χ4v) is 5.74. The number of hydrogen-bond acceptors (Lipinski definition) is 7. The highest BCUT2D eigenvalue weighted by Crippen LogP contribution is 2.38. The summed E-state index contributed by atoms with van der Waals surface area (Å²) in [6.07, 6.45) is 3.11. The predicted molar refractivity (Wildman–Crippen MR) is 139 cm³/mol. The molecule has 0 atom stereocenters. The van der Waals surface area contributed by atoms with E-state index in [0.717, 1.165) is 30.7 Å². The minimum absolute atomic E-state index is 0.00511. The third kappa shape index (κ3) is 4.53. The van der Waals surface area contributed by atoms with E-state index in [9.17, 15) is 24.8 Å². The summed E-state index contributed by atoms with van der Waals surface area (Å²) in [5.41, 5.74) is -0.193. The van der Waals surface area contributed by atoms with E-state index in [1.807, 2.05) is 9.80 Å². The number of benzene rings is 2. The van der Waals surface area contributed by atoms with Crippen LogP contribution < -0.4 is 10.3 Å². The number of nitro groups is 1. The summed E-state index contributed by atoms with van der Waals surface area (Å²) in [5.74, 6) is -1.92. The highest BCUT2D eigenvalue weighted by Gasteiger charge is 2.29. The first-order valence-corrected chi connectivity index (χ1v) is 12.5. The molecule has 186 valence electrons. The molecule has 0 amide bonds. The van der Waals surface area contributed by atoms with Crippen LogP contribution in [0.25, 0.3) is 10.9 Å². The van der Waals surface area contributed by atoms with Crippen LogP contribution in [0.2, 0.25) is 0 Å². The standard InChI is InChI=1S/C24H21FN4O5S2/c25-17-11-15-19(28(14-5-6-14)13-16(22(15)30)23(31)32)12-20(17)26-7-9-27(10-8-26)24(35)36-21-4-2-1-3-18(21)29(33)34/h1-4,11-14H,5-10H2,(H,31,32). The van der Waals surface area contributed by atoms with Gasteiger partial charge in [0.05, 0.1) is 21.0 Å². The number of carbonyl (C=O) groups is 1. The van der Waals surface area contributed by atoms with Gasteiger partial charge in [0.1, 0.15) is 15.7 Å². The van der Waals surface area contributed by atoms with Gasteiger partial charge in [0.15, 0.2) is 0 Å². The fourth-order valence-electron chi connectivity index (χ4n) is 4.39. The van der Waals surface area contributed by atoms with Crippen LogP contribution in [0, 0.1) is 15.9 Å². The van der Waals surface area contributed by atoms with Gasteiger partial charge in [-0.1, -0.05) is 36.1 Å². The number of nitrogens with zero attached hydrogens (tertiary/aromatic N) is 4. The van der Waals surface area contributed by atoms with Gasteiger partial charge in [-0.05, 0) is 31.0 Å². The van der Waals surface area contributed by atoms with Gasteiger partial charge < -0.3 is 19.5 Å². The first-order valence-electron chi connectivity index (χ1n) is 11.3. The average Bonchev–Trinajstić information content (AvgIpc) is 3.70. The largest absolute Gasteiger partial charge is 0.477 e. The van der Waals surface area contributed by atoms with E-state index in [1.54, 1.807) is 28.8 Å². The number of aromatic nitrogens is 1. The minimum Gasteiger partial charge on any atom is -0.477 e. The smallest absolute Gasteiger partial charge is 0.341 e. The number of para-hydroxylation sites is 1. The Kier molecular flexibility index (Phi) is 6.39. The van der Waals surface area contributed by atoms with Gasteiger partial charge in [-0.15, -0.1) is 0 Å². The second-order valence-electron chi connectivity index (χ2n) is 8.70.